The van der Waals surface area contributed by atoms with Crippen molar-refractivity contribution in [2.45, 2.75) is 52.4 Å². The molecule has 9 nitrogen and oxygen atoms in total. The minimum atomic E-state index is -0.0579. The first-order valence-electron chi connectivity index (χ1n) is 10.7. The number of methoxy groups -OCH3 is 1. The molecule has 0 unspecified atom stereocenters. The lowest BCUT2D eigenvalue weighted by atomic mass is 10.0. The van der Waals surface area contributed by atoms with E-state index in [2.05, 4.69) is 44.5 Å². The highest BCUT2D eigenvalue weighted by Gasteiger charge is 2.22. The van der Waals surface area contributed by atoms with Gasteiger partial charge in [-0.25, -0.2) is 4.68 Å². The number of aromatic nitrogens is 5. The van der Waals surface area contributed by atoms with Crippen molar-refractivity contribution in [3.63, 3.8) is 0 Å². The summed E-state index contributed by atoms with van der Waals surface area (Å²) in [7, 11) is 1.66. The monoisotopic (exact) mass is 426 g/mol. The van der Waals surface area contributed by atoms with E-state index in [1.165, 1.54) is 5.56 Å². The molecule has 3 aromatic rings. The van der Waals surface area contributed by atoms with E-state index in [9.17, 15) is 4.79 Å². The minimum absolute atomic E-state index is 0.0579. The maximum atomic E-state index is 12.9. The number of aryl methyl sites for hydroxylation is 2. The average molecular weight is 427 g/mol. The Morgan fingerprint density at radius 1 is 1.32 bits per heavy atom. The van der Waals surface area contributed by atoms with Crippen LogP contribution in [0.5, 0.6) is 0 Å². The molecule has 2 aromatic heterocycles. The molecule has 1 saturated heterocycles. The zero-order valence-corrected chi connectivity index (χ0v) is 18.4. The number of rotatable bonds is 9. The molecule has 1 aliphatic heterocycles. The van der Waals surface area contributed by atoms with Gasteiger partial charge in [0, 0.05) is 32.4 Å². The fraction of sp³-hybridized carbons (Fsp3) is 0.545. The summed E-state index contributed by atoms with van der Waals surface area (Å²) in [4.78, 5) is 18.2. The van der Waals surface area contributed by atoms with Crippen LogP contribution in [-0.2, 0) is 29.1 Å². The van der Waals surface area contributed by atoms with Gasteiger partial charge in [0.25, 0.3) is 5.56 Å². The van der Waals surface area contributed by atoms with Crippen LogP contribution < -0.4 is 5.56 Å². The molecule has 0 amide bonds. The highest BCUT2D eigenvalue weighted by atomic mass is 16.5. The van der Waals surface area contributed by atoms with Gasteiger partial charge in [0.1, 0.15) is 0 Å². The molecular weight excluding hydrogens is 396 g/mol. The lowest BCUT2D eigenvalue weighted by molar-refractivity contribution is 0.0660. The number of ether oxygens (including phenoxy) is 2. The summed E-state index contributed by atoms with van der Waals surface area (Å²) in [5.74, 6) is 0.749. The van der Waals surface area contributed by atoms with E-state index in [4.69, 9.17) is 9.47 Å². The lowest BCUT2D eigenvalue weighted by Gasteiger charge is -2.24. The number of pyridine rings is 1. The fourth-order valence-electron chi connectivity index (χ4n) is 4.08. The van der Waals surface area contributed by atoms with Gasteiger partial charge < -0.3 is 14.5 Å². The Morgan fingerprint density at radius 3 is 2.97 bits per heavy atom. The van der Waals surface area contributed by atoms with Crippen LogP contribution in [0.4, 0.5) is 0 Å². The van der Waals surface area contributed by atoms with Gasteiger partial charge in [-0.3, -0.25) is 9.69 Å². The molecule has 1 fully saturated rings. The molecule has 0 aliphatic carbocycles. The standard InChI is InChI=1S/C22H30N6O3/c1-15-6-7-17-11-18(22(29)23-21(17)16(15)2)12-27(13-19-5-4-9-31-19)14-20-24-25-26-28(20)8-10-30-3/h6-7,11,19H,4-5,8-10,12-14H2,1-3H3,(H,23,29)/t19-/m0/s1. The maximum absolute atomic E-state index is 12.9. The molecule has 0 saturated carbocycles. The number of fused-ring (bicyclic) bond motifs is 1. The highest BCUT2D eigenvalue weighted by molar-refractivity contribution is 5.83. The van der Waals surface area contributed by atoms with Gasteiger partial charge in [-0.2, -0.15) is 0 Å². The van der Waals surface area contributed by atoms with Crippen LogP contribution in [0.1, 0.15) is 35.4 Å². The molecule has 1 N–H and O–H groups in total. The Morgan fingerprint density at radius 2 is 2.19 bits per heavy atom. The van der Waals surface area contributed by atoms with Crippen molar-refractivity contribution in [2.24, 2.45) is 0 Å². The van der Waals surface area contributed by atoms with Crippen LogP contribution in [-0.4, -0.2) is 63.1 Å². The zero-order valence-electron chi connectivity index (χ0n) is 18.4. The molecule has 166 valence electrons. The Bertz CT molecular complexity index is 1090. The van der Waals surface area contributed by atoms with Crippen molar-refractivity contribution < 1.29 is 9.47 Å². The molecule has 31 heavy (non-hydrogen) atoms. The smallest absolute Gasteiger partial charge is 0.252 e. The molecular formula is C22H30N6O3. The summed E-state index contributed by atoms with van der Waals surface area (Å²) in [5.41, 5.74) is 3.85. The van der Waals surface area contributed by atoms with Gasteiger partial charge in [0.05, 0.1) is 31.3 Å². The van der Waals surface area contributed by atoms with Gasteiger partial charge in [-0.15, -0.1) is 5.10 Å². The summed E-state index contributed by atoms with van der Waals surface area (Å²) in [6.45, 7) is 7.75. The molecule has 1 aliphatic rings. The number of aromatic amines is 1. The normalized spacial score (nSPS) is 16.6. The number of nitrogens with zero attached hydrogens (tertiary/aromatic N) is 5. The van der Waals surface area contributed by atoms with E-state index in [0.29, 0.717) is 26.2 Å². The van der Waals surface area contributed by atoms with Crippen molar-refractivity contribution in [3.05, 3.63) is 51.1 Å². The number of hydrogen-bond acceptors (Lipinski definition) is 7. The second-order valence-corrected chi connectivity index (χ2v) is 8.21. The third-order valence-corrected chi connectivity index (χ3v) is 5.99. The fourth-order valence-corrected chi connectivity index (χ4v) is 4.08. The first kappa shape index (κ1) is 21.6. The summed E-state index contributed by atoms with van der Waals surface area (Å²) in [6.07, 6.45) is 2.25. The second-order valence-electron chi connectivity index (χ2n) is 8.21. The van der Waals surface area contributed by atoms with Crippen LogP contribution in [0, 0.1) is 13.8 Å². The van der Waals surface area contributed by atoms with E-state index in [-0.39, 0.29) is 11.7 Å². The number of H-pyrrole nitrogens is 1. The van der Waals surface area contributed by atoms with Crippen LogP contribution in [0.3, 0.4) is 0 Å². The van der Waals surface area contributed by atoms with E-state index >= 15 is 0 Å². The lowest BCUT2D eigenvalue weighted by Crippen LogP contribution is -2.34. The molecule has 0 radical (unpaired) electrons. The number of benzene rings is 1. The Hall–Kier alpha value is -2.62. The molecule has 3 heterocycles. The number of hydrogen-bond donors (Lipinski definition) is 1. The summed E-state index contributed by atoms with van der Waals surface area (Å²) < 4.78 is 12.8. The second kappa shape index (κ2) is 9.67. The van der Waals surface area contributed by atoms with E-state index < -0.39 is 0 Å². The average Bonchev–Trinajstić information content (AvgIpc) is 3.42. The van der Waals surface area contributed by atoms with E-state index in [0.717, 1.165) is 53.8 Å². The van der Waals surface area contributed by atoms with Gasteiger partial charge in [-0.05, 0) is 59.7 Å². The quantitative estimate of drug-likeness (QED) is 0.558. The van der Waals surface area contributed by atoms with Crippen molar-refractivity contribution in [2.75, 3.05) is 26.9 Å². The van der Waals surface area contributed by atoms with E-state index in [1.54, 1.807) is 11.8 Å². The molecule has 0 bridgehead atoms. The summed E-state index contributed by atoms with van der Waals surface area (Å²) >= 11 is 0. The minimum Gasteiger partial charge on any atom is -0.383 e. The van der Waals surface area contributed by atoms with Crippen molar-refractivity contribution >= 4 is 10.9 Å². The highest BCUT2D eigenvalue weighted by Crippen LogP contribution is 2.20. The first-order valence-corrected chi connectivity index (χ1v) is 10.7. The van der Waals surface area contributed by atoms with Crippen LogP contribution in [0.15, 0.2) is 23.0 Å². The first-order chi connectivity index (χ1) is 15.0. The predicted molar refractivity (Wildman–Crippen MR) is 117 cm³/mol. The van der Waals surface area contributed by atoms with Gasteiger partial charge >= 0.3 is 0 Å². The zero-order chi connectivity index (χ0) is 21.8. The Labute approximate surface area is 181 Å². The molecule has 9 heteroatoms. The summed E-state index contributed by atoms with van der Waals surface area (Å²) in [6, 6.07) is 6.15. The third kappa shape index (κ3) is 5.00. The van der Waals surface area contributed by atoms with Crippen molar-refractivity contribution in [1.29, 1.82) is 0 Å². The van der Waals surface area contributed by atoms with Gasteiger partial charge in [0.2, 0.25) is 0 Å². The largest absolute Gasteiger partial charge is 0.383 e. The SMILES string of the molecule is COCCn1nnnc1CN(Cc1cc2ccc(C)c(C)c2[nH]c1=O)C[C@@H]1CCCO1. The Balaban J connectivity index is 1.60. The van der Waals surface area contributed by atoms with Crippen LogP contribution in [0.2, 0.25) is 0 Å². The third-order valence-electron chi connectivity index (χ3n) is 5.99. The van der Waals surface area contributed by atoms with E-state index in [1.807, 2.05) is 13.0 Å². The Kier molecular flexibility index (Phi) is 6.74. The van der Waals surface area contributed by atoms with Crippen molar-refractivity contribution in [3.8, 4) is 0 Å². The summed E-state index contributed by atoms with van der Waals surface area (Å²) in [5, 5.41) is 13.1. The van der Waals surface area contributed by atoms with Gasteiger partial charge in [-0.1, -0.05) is 12.1 Å². The maximum Gasteiger partial charge on any atom is 0.252 e. The predicted octanol–water partition coefficient (Wildman–Crippen LogP) is 1.96. The molecule has 4 rings (SSSR count). The number of nitrogens with one attached hydrogen (secondary N) is 1. The topological polar surface area (TPSA) is 98.2 Å². The molecule has 0 spiro atoms. The van der Waals surface area contributed by atoms with Gasteiger partial charge in [0.15, 0.2) is 5.82 Å². The van der Waals surface area contributed by atoms with Crippen molar-refractivity contribution in [1.82, 2.24) is 30.1 Å². The van der Waals surface area contributed by atoms with Crippen LogP contribution >= 0.6 is 0 Å². The number of tetrazole rings is 1. The van der Waals surface area contributed by atoms with Crippen LogP contribution in [0.25, 0.3) is 10.9 Å². The molecule has 1 aromatic carbocycles. The molecule has 1 atom stereocenters.